The van der Waals surface area contributed by atoms with Crippen LogP contribution in [0.4, 0.5) is 14.5 Å². The van der Waals surface area contributed by atoms with Crippen molar-refractivity contribution in [2.45, 2.75) is 39.2 Å². The molecule has 0 bridgehead atoms. The van der Waals surface area contributed by atoms with Crippen LogP contribution in [0.5, 0.6) is 0 Å². The maximum Gasteiger partial charge on any atom is 0.149 e. The van der Waals surface area contributed by atoms with Crippen LogP contribution >= 0.6 is 0 Å². The molecule has 0 spiro atoms. The maximum atomic E-state index is 13.4. The van der Waals surface area contributed by atoms with Gasteiger partial charge in [-0.25, -0.2) is 8.78 Å². The van der Waals surface area contributed by atoms with E-state index in [1.165, 1.54) is 0 Å². The van der Waals surface area contributed by atoms with Gasteiger partial charge in [0.1, 0.15) is 17.3 Å². The highest BCUT2D eigenvalue weighted by molar-refractivity contribution is 5.43. The number of aliphatic hydroxyl groups excluding tert-OH is 1. The number of halogens is 2. The molecule has 0 aromatic heterocycles. The summed E-state index contributed by atoms with van der Waals surface area (Å²) in [6, 6.07) is 2.27. The molecule has 1 saturated carbocycles. The van der Waals surface area contributed by atoms with Crippen molar-refractivity contribution in [3.05, 3.63) is 29.3 Å². The van der Waals surface area contributed by atoms with Crippen molar-refractivity contribution < 1.29 is 13.9 Å². The van der Waals surface area contributed by atoms with Crippen molar-refractivity contribution >= 4 is 5.69 Å². The van der Waals surface area contributed by atoms with E-state index < -0.39 is 23.4 Å². The molecular formula is C14H19F2NO. The Labute approximate surface area is 106 Å². The summed E-state index contributed by atoms with van der Waals surface area (Å²) in [6.45, 7) is 4.29. The van der Waals surface area contributed by atoms with Gasteiger partial charge in [0, 0.05) is 0 Å². The lowest BCUT2D eigenvalue weighted by atomic mass is 9.87. The molecule has 0 saturated heterocycles. The Balaban J connectivity index is 2.22. The van der Waals surface area contributed by atoms with Crippen molar-refractivity contribution in [2.75, 3.05) is 5.73 Å². The first kappa shape index (κ1) is 13.3. The maximum absolute atomic E-state index is 13.4. The van der Waals surface area contributed by atoms with E-state index >= 15 is 0 Å². The molecule has 2 atom stereocenters. The zero-order valence-electron chi connectivity index (χ0n) is 10.7. The number of nitrogens with two attached hydrogens (primary N) is 1. The quantitative estimate of drug-likeness (QED) is 0.795. The van der Waals surface area contributed by atoms with Gasteiger partial charge in [-0.3, -0.25) is 0 Å². The average Bonchev–Trinajstić information content (AvgIpc) is 2.65. The van der Waals surface area contributed by atoms with Gasteiger partial charge in [0.15, 0.2) is 0 Å². The van der Waals surface area contributed by atoms with Crippen LogP contribution in [0.1, 0.15) is 44.8 Å². The molecule has 1 aromatic rings. The predicted octanol–water partition coefficient (Wildman–Crippen LogP) is 3.41. The number of aliphatic hydroxyl groups is 1. The first-order valence-electron chi connectivity index (χ1n) is 6.23. The fraction of sp³-hybridized carbons (Fsp3) is 0.571. The second-order valence-corrected chi connectivity index (χ2v) is 6.01. The Morgan fingerprint density at radius 1 is 1.33 bits per heavy atom. The highest BCUT2D eigenvalue weighted by Gasteiger charge is 2.35. The van der Waals surface area contributed by atoms with Gasteiger partial charge >= 0.3 is 0 Å². The monoisotopic (exact) mass is 255 g/mol. The van der Waals surface area contributed by atoms with Gasteiger partial charge in [-0.15, -0.1) is 0 Å². The van der Waals surface area contributed by atoms with Gasteiger partial charge in [-0.05, 0) is 48.3 Å². The van der Waals surface area contributed by atoms with E-state index in [4.69, 9.17) is 5.73 Å². The number of anilines is 1. The summed E-state index contributed by atoms with van der Waals surface area (Å²) in [5.41, 5.74) is 5.20. The summed E-state index contributed by atoms with van der Waals surface area (Å²) in [5, 5.41) is 10.2. The van der Waals surface area contributed by atoms with Crippen molar-refractivity contribution in [1.29, 1.82) is 0 Å². The zero-order chi connectivity index (χ0) is 13.5. The minimum Gasteiger partial charge on any atom is -0.394 e. The minimum absolute atomic E-state index is 0.0578. The van der Waals surface area contributed by atoms with E-state index in [2.05, 4.69) is 13.8 Å². The first-order valence-corrected chi connectivity index (χ1v) is 6.23. The number of hydrogen-bond donors (Lipinski definition) is 2. The molecule has 0 radical (unpaired) electrons. The normalized spacial score (nSPS) is 24.2. The van der Waals surface area contributed by atoms with Crippen molar-refractivity contribution in [2.24, 2.45) is 11.3 Å². The Kier molecular flexibility index (Phi) is 3.32. The van der Waals surface area contributed by atoms with E-state index in [0.29, 0.717) is 0 Å². The Morgan fingerprint density at radius 2 is 1.89 bits per heavy atom. The van der Waals surface area contributed by atoms with E-state index in [-0.39, 0.29) is 16.9 Å². The molecule has 1 aromatic carbocycles. The fourth-order valence-electron chi connectivity index (χ4n) is 2.81. The van der Waals surface area contributed by atoms with E-state index in [0.717, 1.165) is 31.4 Å². The van der Waals surface area contributed by atoms with Crippen LogP contribution in [0.3, 0.4) is 0 Å². The standard InChI is InChI=1S/C14H19F2NO/c1-14(2)4-3-8(7-14)13(18)9-5-10(15)12(17)11(16)6-9/h5-6,8,13,18H,3-4,7,17H2,1-2H3/t8-,13+/m0/s1. The summed E-state index contributed by atoms with van der Waals surface area (Å²) in [4.78, 5) is 0. The topological polar surface area (TPSA) is 46.2 Å². The van der Waals surface area contributed by atoms with Crippen LogP contribution in [-0.4, -0.2) is 5.11 Å². The molecule has 2 nitrogen and oxygen atoms in total. The Hall–Kier alpha value is -1.16. The summed E-state index contributed by atoms with van der Waals surface area (Å²) in [7, 11) is 0. The third-order valence-electron chi connectivity index (χ3n) is 3.90. The smallest absolute Gasteiger partial charge is 0.149 e. The zero-order valence-corrected chi connectivity index (χ0v) is 10.7. The van der Waals surface area contributed by atoms with Crippen molar-refractivity contribution in [3.63, 3.8) is 0 Å². The molecule has 0 aliphatic heterocycles. The van der Waals surface area contributed by atoms with Crippen molar-refractivity contribution in [3.8, 4) is 0 Å². The number of benzene rings is 1. The lowest BCUT2D eigenvalue weighted by molar-refractivity contribution is 0.104. The van der Waals surface area contributed by atoms with E-state index in [1.807, 2.05) is 0 Å². The summed E-state index contributed by atoms with van der Waals surface area (Å²) in [5.74, 6) is -1.55. The summed E-state index contributed by atoms with van der Waals surface area (Å²) < 4.78 is 26.7. The Bertz CT molecular complexity index is 436. The number of nitrogen functional groups attached to an aromatic ring is 1. The predicted molar refractivity (Wildman–Crippen MR) is 66.9 cm³/mol. The second kappa shape index (κ2) is 4.50. The average molecular weight is 255 g/mol. The van der Waals surface area contributed by atoms with Crippen LogP contribution in [0.2, 0.25) is 0 Å². The molecule has 1 fully saturated rings. The van der Waals surface area contributed by atoms with Gasteiger partial charge in [0.05, 0.1) is 6.10 Å². The summed E-state index contributed by atoms with van der Waals surface area (Å²) in [6.07, 6.45) is 1.94. The molecule has 4 heteroatoms. The third kappa shape index (κ3) is 2.48. The SMILES string of the molecule is CC1(C)CC[C@H]([C@@H](O)c2cc(F)c(N)c(F)c2)C1. The molecule has 2 rings (SSSR count). The van der Waals surface area contributed by atoms with Gasteiger partial charge in [-0.2, -0.15) is 0 Å². The molecule has 1 aliphatic carbocycles. The van der Waals surface area contributed by atoms with Gasteiger partial charge in [0.25, 0.3) is 0 Å². The lowest BCUT2D eigenvalue weighted by Crippen LogP contribution is -2.13. The molecule has 100 valence electrons. The second-order valence-electron chi connectivity index (χ2n) is 6.01. The van der Waals surface area contributed by atoms with Crippen LogP contribution in [0, 0.1) is 23.0 Å². The minimum atomic E-state index is -0.823. The van der Waals surface area contributed by atoms with E-state index in [1.54, 1.807) is 0 Å². The molecule has 0 amide bonds. The molecule has 0 heterocycles. The third-order valence-corrected chi connectivity index (χ3v) is 3.90. The Morgan fingerprint density at radius 3 is 2.33 bits per heavy atom. The van der Waals surface area contributed by atoms with Gasteiger partial charge in [0.2, 0.25) is 0 Å². The lowest BCUT2D eigenvalue weighted by Gasteiger charge is -2.21. The van der Waals surface area contributed by atoms with Crippen molar-refractivity contribution in [1.82, 2.24) is 0 Å². The molecule has 18 heavy (non-hydrogen) atoms. The molecular weight excluding hydrogens is 236 g/mol. The molecule has 1 aliphatic rings. The highest BCUT2D eigenvalue weighted by Crippen LogP contribution is 2.46. The largest absolute Gasteiger partial charge is 0.394 e. The highest BCUT2D eigenvalue weighted by atomic mass is 19.1. The first-order chi connectivity index (χ1) is 8.30. The van der Waals surface area contributed by atoms with Crippen LogP contribution in [0.15, 0.2) is 12.1 Å². The van der Waals surface area contributed by atoms with Gasteiger partial charge in [-0.1, -0.05) is 13.8 Å². The summed E-state index contributed by atoms with van der Waals surface area (Å²) >= 11 is 0. The van der Waals surface area contributed by atoms with Crippen LogP contribution < -0.4 is 5.73 Å². The van der Waals surface area contributed by atoms with E-state index in [9.17, 15) is 13.9 Å². The number of rotatable bonds is 2. The molecule has 3 N–H and O–H groups in total. The van der Waals surface area contributed by atoms with Gasteiger partial charge < -0.3 is 10.8 Å². The van der Waals surface area contributed by atoms with Crippen LogP contribution in [-0.2, 0) is 0 Å². The number of hydrogen-bond acceptors (Lipinski definition) is 2. The van der Waals surface area contributed by atoms with Crippen LogP contribution in [0.25, 0.3) is 0 Å². The fourth-order valence-corrected chi connectivity index (χ4v) is 2.81. The molecule has 0 unspecified atom stereocenters.